The Morgan fingerprint density at radius 3 is 2.43 bits per heavy atom. The van der Waals surface area contributed by atoms with Crippen molar-refractivity contribution in [1.29, 1.82) is 0 Å². The Hall–Kier alpha value is -2.51. The van der Waals surface area contributed by atoms with Crippen LogP contribution in [0.5, 0.6) is 5.75 Å². The van der Waals surface area contributed by atoms with Crippen molar-refractivity contribution >= 4 is 38.7 Å². The summed E-state index contributed by atoms with van der Waals surface area (Å²) in [5.41, 5.74) is 1.13. The maximum atomic E-state index is 13.3. The number of sulfone groups is 1. The van der Waals surface area contributed by atoms with Crippen LogP contribution in [-0.4, -0.2) is 38.9 Å². The van der Waals surface area contributed by atoms with Gasteiger partial charge in [-0.15, -0.1) is 0 Å². The normalized spacial score (nSPS) is 17.9. The lowest BCUT2D eigenvalue weighted by atomic mass is 10.1. The summed E-state index contributed by atoms with van der Waals surface area (Å²) in [4.78, 5) is 16.4. The third-order valence-corrected chi connectivity index (χ3v) is 7.30. The summed E-state index contributed by atoms with van der Waals surface area (Å²) in [6.45, 7) is 3.60. The Balaban J connectivity index is 1.82. The third-order valence-electron chi connectivity index (χ3n) is 5.29. The van der Waals surface area contributed by atoms with Gasteiger partial charge in [0.25, 0.3) is 5.91 Å². The second kappa shape index (κ2) is 8.32. The SMILES string of the molecule is CCOc1ccc(N2C=C(C(=O)N3CCCCC3)S(=O)(=O)c3ccc(Cl)cc32)cc1. The molecule has 2 aliphatic rings. The first kappa shape index (κ1) is 20.8. The maximum absolute atomic E-state index is 13.3. The van der Waals surface area contributed by atoms with Gasteiger partial charge in [0.05, 0.1) is 17.2 Å². The first-order chi connectivity index (χ1) is 14.4. The van der Waals surface area contributed by atoms with Crippen LogP contribution in [0, 0.1) is 0 Å². The highest BCUT2D eigenvalue weighted by molar-refractivity contribution is 7.96. The predicted octanol–water partition coefficient (Wildman–Crippen LogP) is 4.52. The highest BCUT2D eigenvalue weighted by atomic mass is 35.5. The molecule has 2 aliphatic heterocycles. The molecule has 1 amide bonds. The molecular weight excluding hydrogens is 424 g/mol. The van der Waals surface area contributed by atoms with Crippen LogP contribution >= 0.6 is 11.6 Å². The van der Waals surface area contributed by atoms with Crippen LogP contribution in [0.1, 0.15) is 26.2 Å². The Bertz CT molecular complexity index is 1090. The number of carbonyl (C=O) groups is 1. The molecule has 2 aromatic carbocycles. The van der Waals surface area contributed by atoms with E-state index in [4.69, 9.17) is 16.3 Å². The van der Waals surface area contributed by atoms with Crippen molar-refractivity contribution in [1.82, 2.24) is 4.90 Å². The standard InChI is InChI=1S/C22H23ClN2O4S/c1-2-29-18-9-7-17(8-10-18)25-15-21(22(26)24-12-4-3-5-13-24)30(27,28)20-11-6-16(23)14-19(20)25/h6-11,14-15H,2-5,12-13H2,1H3. The number of hydrogen-bond donors (Lipinski definition) is 0. The lowest BCUT2D eigenvalue weighted by Crippen LogP contribution is -2.39. The molecule has 0 radical (unpaired) electrons. The van der Waals surface area contributed by atoms with Crippen LogP contribution in [0.25, 0.3) is 0 Å². The second-order valence-electron chi connectivity index (χ2n) is 7.26. The highest BCUT2D eigenvalue weighted by Crippen LogP contribution is 2.41. The zero-order chi connectivity index (χ0) is 21.3. The number of anilines is 2. The van der Waals surface area contributed by atoms with Crippen LogP contribution in [0.3, 0.4) is 0 Å². The molecule has 158 valence electrons. The molecular formula is C22H23ClN2O4S. The number of benzene rings is 2. The van der Waals surface area contributed by atoms with Gasteiger partial charge >= 0.3 is 0 Å². The summed E-state index contributed by atoms with van der Waals surface area (Å²) in [5, 5.41) is 0.416. The number of fused-ring (bicyclic) bond motifs is 1. The van der Waals surface area contributed by atoms with Crippen molar-refractivity contribution in [2.24, 2.45) is 0 Å². The van der Waals surface area contributed by atoms with E-state index in [1.54, 1.807) is 15.9 Å². The van der Waals surface area contributed by atoms with Gasteiger partial charge in [-0.1, -0.05) is 11.6 Å². The average Bonchev–Trinajstić information content (AvgIpc) is 2.75. The van der Waals surface area contributed by atoms with Gasteiger partial charge in [0.15, 0.2) is 4.91 Å². The van der Waals surface area contributed by atoms with Crippen LogP contribution in [-0.2, 0) is 14.6 Å². The van der Waals surface area contributed by atoms with E-state index in [2.05, 4.69) is 0 Å². The molecule has 0 aliphatic carbocycles. The highest BCUT2D eigenvalue weighted by Gasteiger charge is 2.38. The smallest absolute Gasteiger partial charge is 0.267 e. The van der Waals surface area contributed by atoms with Gasteiger partial charge < -0.3 is 14.5 Å². The fourth-order valence-corrected chi connectivity index (χ4v) is 5.47. The Kier molecular flexibility index (Phi) is 5.75. The Morgan fingerprint density at radius 1 is 1.07 bits per heavy atom. The number of carbonyl (C=O) groups excluding carboxylic acids is 1. The molecule has 8 heteroatoms. The molecule has 0 aromatic heterocycles. The van der Waals surface area contributed by atoms with Crippen LogP contribution in [0.15, 0.2) is 58.5 Å². The first-order valence-electron chi connectivity index (χ1n) is 9.99. The van der Waals surface area contributed by atoms with Crippen LogP contribution in [0.4, 0.5) is 11.4 Å². The topological polar surface area (TPSA) is 66.9 Å². The van der Waals surface area contributed by atoms with Crippen molar-refractivity contribution in [3.05, 3.63) is 58.6 Å². The fraction of sp³-hybridized carbons (Fsp3) is 0.318. The lowest BCUT2D eigenvalue weighted by Gasteiger charge is -2.32. The van der Waals surface area contributed by atoms with Crippen LogP contribution in [0.2, 0.25) is 5.02 Å². The van der Waals surface area contributed by atoms with Crippen molar-refractivity contribution < 1.29 is 17.9 Å². The van der Waals surface area contributed by atoms with Crippen molar-refractivity contribution in [2.75, 3.05) is 24.6 Å². The summed E-state index contributed by atoms with van der Waals surface area (Å²) in [6, 6.07) is 11.9. The van der Waals surface area contributed by atoms with Gasteiger partial charge in [-0.25, -0.2) is 8.42 Å². The summed E-state index contributed by atoms with van der Waals surface area (Å²) < 4.78 is 32.1. The van der Waals surface area contributed by atoms with E-state index >= 15 is 0 Å². The average molecular weight is 447 g/mol. The maximum Gasteiger partial charge on any atom is 0.267 e. The number of rotatable bonds is 4. The van der Waals surface area contributed by atoms with Crippen molar-refractivity contribution in [3.8, 4) is 5.75 Å². The van der Waals surface area contributed by atoms with Gasteiger partial charge in [0.1, 0.15) is 5.75 Å². The summed E-state index contributed by atoms with van der Waals surface area (Å²) in [6.07, 6.45) is 4.23. The molecule has 6 nitrogen and oxygen atoms in total. The number of halogens is 1. The summed E-state index contributed by atoms with van der Waals surface area (Å²) >= 11 is 6.17. The quantitative estimate of drug-likeness (QED) is 0.690. The van der Waals surface area contributed by atoms with E-state index < -0.39 is 15.7 Å². The van der Waals surface area contributed by atoms with Gasteiger partial charge in [-0.3, -0.25) is 4.79 Å². The van der Waals surface area contributed by atoms with Crippen LogP contribution < -0.4 is 9.64 Å². The number of piperidine rings is 1. The van der Waals surface area contributed by atoms with E-state index in [0.717, 1.165) is 19.3 Å². The Morgan fingerprint density at radius 2 is 1.77 bits per heavy atom. The monoisotopic (exact) mass is 446 g/mol. The van der Waals surface area contributed by atoms with E-state index in [1.807, 2.05) is 31.2 Å². The van der Waals surface area contributed by atoms with Gasteiger partial charge in [0.2, 0.25) is 9.84 Å². The number of ether oxygens (including phenoxy) is 1. The molecule has 1 fully saturated rings. The number of amides is 1. The summed E-state index contributed by atoms with van der Waals surface area (Å²) in [7, 11) is -3.96. The van der Waals surface area contributed by atoms with E-state index in [1.165, 1.54) is 18.3 Å². The Labute approximate surface area is 181 Å². The second-order valence-corrected chi connectivity index (χ2v) is 9.58. The molecule has 0 bridgehead atoms. The minimum absolute atomic E-state index is 0.0728. The van der Waals surface area contributed by atoms with Crippen molar-refractivity contribution in [3.63, 3.8) is 0 Å². The molecule has 0 atom stereocenters. The molecule has 0 saturated carbocycles. The predicted molar refractivity (Wildman–Crippen MR) is 117 cm³/mol. The minimum Gasteiger partial charge on any atom is -0.494 e. The third kappa shape index (κ3) is 3.79. The molecule has 2 aromatic rings. The lowest BCUT2D eigenvalue weighted by molar-refractivity contribution is -0.127. The van der Waals surface area contributed by atoms with E-state index in [0.29, 0.717) is 41.8 Å². The fourth-order valence-electron chi connectivity index (χ4n) is 3.79. The van der Waals surface area contributed by atoms with Gasteiger partial charge in [-0.2, -0.15) is 0 Å². The molecule has 0 N–H and O–H groups in total. The number of likely N-dealkylation sites (tertiary alicyclic amines) is 1. The summed E-state index contributed by atoms with van der Waals surface area (Å²) in [5.74, 6) is 0.261. The molecule has 1 saturated heterocycles. The minimum atomic E-state index is -3.96. The van der Waals surface area contributed by atoms with E-state index in [9.17, 15) is 13.2 Å². The largest absolute Gasteiger partial charge is 0.494 e. The zero-order valence-corrected chi connectivity index (χ0v) is 18.2. The zero-order valence-electron chi connectivity index (χ0n) is 16.7. The molecule has 0 spiro atoms. The number of nitrogens with zero attached hydrogens (tertiary/aromatic N) is 2. The van der Waals surface area contributed by atoms with Gasteiger partial charge in [0, 0.05) is 30.0 Å². The molecule has 30 heavy (non-hydrogen) atoms. The molecule has 2 heterocycles. The van der Waals surface area contributed by atoms with Crippen molar-refractivity contribution in [2.45, 2.75) is 31.1 Å². The first-order valence-corrected chi connectivity index (χ1v) is 11.9. The molecule has 4 rings (SSSR count). The number of hydrogen-bond acceptors (Lipinski definition) is 5. The van der Waals surface area contributed by atoms with Gasteiger partial charge in [-0.05, 0) is 68.7 Å². The van der Waals surface area contributed by atoms with E-state index in [-0.39, 0.29) is 9.80 Å². The molecule has 0 unspecified atom stereocenters.